The first-order chi connectivity index (χ1) is 6.06. The second-order valence-electron chi connectivity index (χ2n) is 2.03. The summed E-state index contributed by atoms with van der Waals surface area (Å²) in [5, 5.41) is 0. The maximum absolute atomic E-state index is 8.70. The van der Waals surface area contributed by atoms with Gasteiger partial charge in [-0.15, -0.1) is 9.79 Å². The Labute approximate surface area is 76.7 Å². The van der Waals surface area contributed by atoms with Crippen molar-refractivity contribution in [3.63, 3.8) is 0 Å². The van der Waals surface area contributed by atoms with Gasteiger partial charge in [0.1, 0.15) is 5.75 Å². The van der Waals surface area contributed by atoms with Crippen LogP contribution in [-0.4, -0.2) is 16.9 Å². The van der Waals surface area contributed by atoms with Gasteiger partial charge in [0.05, 0.1) is 7.11 Å². The van der Waals surface area contributed by atoms with Gasteiger partial charge >= 0.3 is 8.25 Å². The summed E-state index contributed by atoms with van der Waals surface area (Å²) >= 11 is 0. The average Bonchev–Trinajstić information content (AvgIpc) is 2.05. The van der Waals surface area contributed by atoms with E-state index >= 15 is 0 Å². The smallest absolute Gasteiger partial charge is 0.497 e. The van der Waals surface area contributed by atoms with Crippen molar-refractivity contribution in [1.29, 1.82) is 0 Å². The van der Waals surface area contributed by atoms with Gasteiger partial charge in [0, 0.05) is 10.3 Å². The van der Waals surface area contributed by atoms with Gasteiger partial charge in [-0.2, -0.15) is 0 Å². The molecule has 0 aliphatic rings. The average molecular weight is 204 g/mol. The first-order valence-corrected chi connectivity index (χ1v) is 4.47. The number of methoxy groups -OCH3 is 1. The molecule has 0 amide bonds. The topological polar surface area (TPSA) is 92.8 Å². The van der Waals surface area contributed by atoms with Crippen LogP contribution in [0.5, 0.6) is 5.75 Å². The minimum Gasteiger partial charge on any atom is -0.497 e. The van der Waals surface area contributed by atoms with E-state index in [4.69, 9.17) is 24.8 Å². The molecule has 5 nitrogen and oxygen atoms in total. The van der Waals surface area contributed by atoms with E-state index in [0.717, 1.165) is 11.4 Å². The minimum absolute atomic E-state index is 0.760. The molecule has 0 saturated carbocycles. The van der Waals surface area contributed by atoms with Crippen LogP contribution in [-0.2, 0) is 4.57 Å². The molecule has 0 aliphatic carbocycles. The molecule has 0 atom stereocenters. The predicted molar refractivity (Wildman–Crippen MR) is 49.5 cm³/mol. The maximum Gasteiger partial charge on any atom is 0.692 e. The first-order valence-electron chi connectivity index (χ1n) is 3.30. The molecular formula is C7H11NO4P+. The molecule has 72 valence electrons. The molecule has 0 unspecified atom stereocenters. The van der Waals surface area contributed by atoms with Gasteiger partial charge in [-0.1, -0.05) is 0 Å². The number of benzene rings is 1. The molecular weight excluding hydrogens is 193 g/mol. The van der Waals surface area contributed by atoms with E-state index in [0.29, 0.717) is 0 Å². The van der Waals surface area contributed by atoms with Crippen molar-refractivity contribution >= 4 is 13.9 Å². The fourth-order valence-electron chi connectivity index (χ4n) is 0.604. The molecule has 0 saturated heterocycles. The summed E-state index contributed by atoms with van der Waals surface area (Å²) < 4.78 is 13.6. The summed E-state index contributed by atoms with van der Waals surface area (Å²) in [7, 11) is -1.24. The van der Waals surface area contributed by atoms with Crippen molar-refractivity contribution in [2.75, 3.05) is 12.8 Å². The zero-order chi connectivity index (χ0) is 10.3. The van der Waals surface area contributed by atoms with Crippen LogP contribution in [0.1, 0.15) is 0 Å². The van der Waals surface area contributed by atoms with Gasteiger partial charge in [-0.05, 0) is 24.3 Å². The highest BCUT2D eigenvalue weighted by Gasteiger charge is 1.93. The lowest BCUT2D eigenvalue weighted by Crippen LogP contribution is -1.84. The molecule has 1 aromatic carbocycles. The summed E-state index contributed by atoms with van der Waals surface area (Å²) in [6.07, 6.45) is 0. The molecule has 0 spiro atoms. The number of nitrogens with two attached hydrogens (primary N) is 1. The summed E-state index contributed by atoms with van der Waals surface area (Å²) in [5.41, 5.74) is 6.19. The van der Waals surface area contributed by atoms with Crippen molar-refractivity contribution < 1.29 is 19.1 Å². The highest BCUT2D eigenvalue weighted by atomic mass is 31.1. The lowest BCUT2D eigenvalue weighted by molar-refractivity contribution is 0.405. The Kier molecular flexibility index (Phi) is 5.80. The molecule has 13 heavy (non-hydrogen) atoms. The molecule has 0 fully saturated rings. The molecule has 4 N–H and O–H groups in total. The van der Waals surface area contributed by atoms with E-state index in [9.17, 15) is 0 Å². The predicted octanol–water partition coefficient (Wildman–Crippen LogP) is 0.906. The summed E-state index contributed by atoms with van der Waals surface area (Å²) in [5.74, 6) is 0.837. The third-order valence-electron chi connectivity index (χ3n) is 1.12. The fraction of sp³-hybridized carbons (Fsp3) is 0.143. The van der Waals surface area contributed by atoms with Crippen molar-refractivity contribution in [1.82, 2.24) is 0 Å². The van der Waals surface area contributed by atoms with Crippen molar-refractivity contribution in [2.24, 2.45) is 0 Å². The summed E-state index contributed by atoms with van der Waals surface area (Å²) in [4.78, 5) is 14.2. The van der Waals surface area contributed by atoms with Crippen molar-refractivity contribution in [3.8, 4) is 5.75 Å². The monoisotopic (exact) mass is 204 g/mol. The van der Waals surface area contributed by atoms with E-state index in [1.54, 1.807) is 19.2 Å². The summed E-state index contributed by atoms with van der Waals surface area (Å²) in [6, 6.07) is 7.27. The van der Waals surface area contributed by atoms with Crippen LogP contribution in [0, 0.1) is 0 Å². The van der Waals surface area contributed by atoms with Crippen LogP contribution in [0.2, 0.25) is 0 Å². The molecule has 1 rings (SSSR count). The Balaban J connectivity index is 0.000000310. The third-order valence-corrected chi connectivity index (χ3v) is 1.12. The highest BCUT2D eigenvalue weighted by Crippen LogP contribution is 2.11. The lowest BCUT2D eigenvalue weighted by Gasteiger charge is -1.97. The molecule has 6 heteroatoms. The van der Waals surface area contributed by atoms with Crippen LogP contribution in [0.4, 0.5) is 5.69 Å². The minimum atomic E-state index is -2.87. The molecule has 1 aromatic rings. The molecule has 0 aromatic heterocycles. The van der Waals surface area contributed by atoms with Gasteiger partial charge in [0.15, 0.2) is 0 Å². The number of hydrogen-bond donors (Lipinski definition) is 3. The largest absolute Gasteiger partial charge is 0.692 e. The van der Waals surface area contributed by atoms with Crippen LogP contribution in [0.15, 0.2) is 24.3 Å². The third kappa shape index (κ3) is 7.21. The fourth-order valence-corrected chi connectivity index (χ4v) is 0.604. The first kappa shape index (κ1) is 11.8. The van der Waals surface area contributed by atoms with Crippen LogP contribution >= 0.6 is 8.25 Å². The number of rotatable bonds is 1. The zero-order valence-electron chi connectivity index (χ0n) is 7.04. The van der Waals surface area contributed by atoms with Crippen LogP contribution in [0.3, 0.4) is 0 Å². The van der Waals surface area contributed by atoms with Crippen LogP contribution in [0.25, 0.3) is 0 Å². The lowest BCUT2D eigenvalue weighted by atomic mass is 10.3. The SMILES string of the molecule is COc1ccc(N)cc1.O=[P+](O)O. The van der Waals surface area contributed by atoms with Gasteiger partial charge in [0.2, 0.25) is 0 Å². The normalized spacial score (nSPS) is 8.23. The van der Waals surface area contributed by atoms with E-state index in [2.05, 4.69) is 0 Å². The second kappa shape index (κ2) is 6.37. The van der Waals surface area contributed by atoms with Gasteiger partial charge in [0.25, 0.3) is 0 Å². The Bertz CT molecular complexity index is 258. The zero-order valence-corrected chi connectivity index (χ0v) is 7.94. The number of ether oxygens (including phenoxy) is 1. The standard InChI is InChI=1S/C7H9NO.HO3P/c1-9-7-4-2-6(8)3-5-7;1-4(2)3/h2-5H,8H2,1H3;(H-,1,2,3)/p+1. The van der Waals surface area contributed by atoms with Crippen LogP contribution < -0.4 is 10.5 Å². The Morgan fingerprint density at radius 1 is 1.31 bits per heavy atom. The molecule has 0 heterocycles. The van der Waals surface area contributed by atoms with E-state index in [1.807, 2.05) is 12.1 Å². The van der Waals surface area contributed by atoms with E-state index < -0.39 is 8.25 Å². The van der Waals surface area contributed by atoms with Gasteiger partial charge in [-0.3, -0.25) is 0 Å². The molecule has 0 bridgehead atoms. The van der Waals surface area contributed by atoms with Crippen molar-refractivity contribution in [2.45, 2.75) is 0 Å². The van der Waals surface area contributed by atoms with E-state index in [1.165, 1.54) is 0 Å². The Morgan fingerprint density at radius 2 is 1.69 bits per heavy atom. The number of hydrogen-bond acceptors (Lipinski definition) is 3. The van der Waals surface area contributed by atoms with E-state index in [-0.39, 0.29) is 0 Å². The maximum atomic E-state index is 8.70. The number of anilines is 1. The number of nitrogen functional groups attached to an aromatic ring is 1. The quantitative estimate of drug-likeness (QED) is 0.467. The second-order valence-corrected chi connectivity index (χ2v) is 2.53. The molecule has 0 radical (unpaired) electrons. The summed E-state index contributed by atoms with van der Waals surface area (Å²) in [6.45, 7) is 0. The highest BCUT2D eigenvalue weighted by molar-refractivity contribution is 7.30. The Morgan fingerprint density at radius 3 is 2.00 bits per heavy atom. The van der Waals surface area contributed by atoms with Crippen molar-refractivity contribution in [3.05, 3.63) is 24.3 Å². The Hall–Kier alpha value is -1.16. The van der Waals surface area contributed by atoms with Gasteiger partial charge < -0.3 is 10.5 Å². The van der Waals surface area contributed by atoms with Gasteiger partial charge in [-0.25, -0.2) is 0 Å². The molecule has 0 aliphatic heterocycles.